The first-order chi connectivity index (χ1) is 15.2. The van der Waals surface area contributed by atoms with Crippen molar-refractivity contribution >= 4 is 5.91 Å². The van der Waals surface area contributed by atoms with Crippen molar-refractivity contribution in [2.24, 2.45) is 5.92 Å². The van der Waals surface area contributed by atoms with Gasteiger partial charge in [-0.2, -0.15) is 18.2 Å². The van der Waals surface area contributed by atoms with Gasteiger partial charge < -0.3 is 14.2 Å². The minimum atomic E-state index is -4.44. The monoisotopic (exact) mass is 454 g/mol. The number of halogens is 3. The summed E-state index contributed by atoms with van der Waals surface area (Å²) in [5.41, 5.74) is -0.536. The van der Waals surface area contributed by atoms with Crippen molar-refractivity contribution in [3.05, 3.63) is 35.7 Å². The molecule has 1 aliphatic heterocycles. The lowest BCUT2D eigenvalue weighted by Crippen LogP contribution is -2.40. The van der Waals surface area contributed by atoms with E-state index in [0.717, 1.165) is 51.4 Å². The van der Waals surface area contributed by atoms with E-state index in [0.29, 0.717) is 19.5 Å². The molecule has 1 aromatic carbocycles. The van der Waals surface area contributed by atoms with E-state index in [1.807, 2.05) is 13.8 Å². The summed E-state index contributed by atoms with van der Waals surface area (Å²) in [6.45, 7) is 8.90. The number of amides is 1. The van der Waals surface area contributed by atoms with Crippen molar-refractivity contribution in [2.75, 3.05) is 45.9 Å². The van der Waals surface area contributed by atoms with Gasteiger partial charge >= 0.3 is 6.18 Å². The number of benzene rings is 1. The van der Waals surface area contributed by atoms with Crippen LogP contribution in [0.3, 0.4) is 0 Å². The second-order valence-corrected chi connectivity index (χ2v) is 8.13. The lowest BCUT2D eigenvalue weighted by atomic mass is 10.1. The molecule has 0 atom stereocenters. The zero-order chi connectivity index (χ0) is 23.1. The molecule has 3 rings (SSSR count). The number of carbonyl (C=O) groups excluding carboxylic acids is 1. The Morgan fingerprint density at radius 3 is 2.66 bits per heavy atom. The molecule has 10 heteroatoms. The van der Waals surface area contributed by atoms with Crippen LogP contribution in [0, 0.1) is 5.92 Å². The van der Waals surface area contributed by atoms with E-state index in [1.54, 1.807) is 4.90 Å². The van der Waals surface area contributed by atoms with Gasteiger partial charge in [0, 0.05) is 50.6 Å². The number of hydrogen-bond acceptors (Lipinski definition) is 6. The average Bonchev–Trinajstić information content (AvgIpc) is 3.25. The fraction of sp³-hybridized carbons (Fsp3) is 0.591. The van der Waals surface area contributed by atoms with E-state index in [4.69, 9.17) is 9.26 Å². The Bertz CT molecular complexity index is 879. The Balaban J connectivity index is 1.58. The van der Waals surface area contributed by atoms with Gasteiger partial charge in [0.2, 0.25) is 17.6 Å². The van der Waals surface area contributed by atoms with Crippen LogP contribution in [0.2, 0.25) is 0 Å². The minimum Gasteiger partial charge on any atom is -0.379 e. The van der Waals surface area contributed by atoms with Gasteiger partial charge in [-0.1, -0.05) is 31.1 Å². The number of morpholine rings is 1. The normalized spacial score (nSPS) is 15.3. The molecule has 0 radical (unpaired) electrons. The van der Waals surface area contributed by atoms with Gasteiger partial charge in [0.05, 0.1) is 18.8 Å². The highest BCUT2D eigenvalue weighted by Gasteiger charge is 2.30. The lowest BCUT2D eigenvalue weighted by Gasteiger charge is -2.29. The number of carbonyl (C=O) groups is 1. The van der Waals surface area contributed by atoms with Crippen molar-refractivity contribution in [1.82, 2.24) is 19.9 Å². The van der Waals surface area contributed by atoms with Crippen LogP contribution in [0.5, 0.6) is 0 Å². The van der Waals surface area contributed by atoms with E-state index < -0.39 is 11.7 Å². The van der Waals surface area contributed by atoms with Crippen LogP contribution >= 0.6 is 0 Å². The van der Waals surface area contributed by atoms with Crippen molar-refractivity contribution in [2.45, 2.75) is 32.9 Å². The summed E-state index contributed by atoms with van der Waals surface area (Å²) in [7, 11) is 0. The van der Waals surface area contributed by atoms with Crippen molar-refractivity contribution in [1.29, 1.82) is 0 Å². The molecule has 0 N–H and O–H groups in total. The molecule has 0 aliphatic carbocycles. The molecule has 1 aliphatic rings. The largest absolute Gasteiger partial charge is 0.416 e. The number of nitrogens with zero attached hydrogens (tertiary/aromatic N) is 4. The van der Waals surface area contributed by atoms with Crippen LogP contribution in [0.25, 0.3) is 11.4 Å². The zero-order valence-corrected chi connectivity index (χ0v) is 18.4. The molecule has 0 saturated carbocycles. The maximum atomic E-state index is 12.9. The molecule has 0 spiro atoms. The SMILES string of the molecule is CC(C)C(=O)N(CCCN1CCOCC1)CCc1nc(-c2cccc(C(F)(F)F)c2)no1. The van der Waals surface area contributed by atoms with E-state index in [1.165, 1.54) is 12.1 Å². The first kappa shape index (κ1) is 24.2. The van der Waals surface area contributed by atoms with Gasteiger partial charge in [-0.3, -0.25) is 9.69 Å². The third-order valence-corrected chi connectivity index (χ3v) is 5.32. The van der Waals surface area contributed by atoms with Gasteiger partial charge in [0.25, 0.3) is 0 Å². The maximum absolute atomic E-state index is 12.9. The third-order valence-electron chi connectivity index (χ3n) is 5.32. The molecule has 0 bridgehead atoms. The highest BCUT2D eigenvalue weighted by atomic mass is 19.4. The molecule has 0 unspecified atom stereocenters. The predicted octanol–water partition coefficient (Wildman–Crippen LogP) is 3.50. The summed E-state index contributed by atoms with van der Waals surface area (Å²) < 4.78 is 49.4. The number of hydrogen-bond donors (Lipinski definition) is 0. The second kappa shape index (κ2) is 10.9. The third kappa shape index (κ3) is 6.77. The molecule has 1 aromatic heterocycles. The van der Waals surface area contributed by atoms with Crippen molar-refractivity contribution in [3.63, 3.8) is 0 Å². The fourth-order valence-electron chi connectivity index (χ4n) is 3.55. The van der Waals surface area contributed by atoms with Crippen LogP contribution < -0.4 is 0 Å². The first-order valence-electron chi connectivity index (χ1n) is 10.8. The van der Waals surface area contributed by atoms with Crippen LogP contribution in [0.1, 0.15) is 31.7 Å². The molecule has 7 nitrogen and oxygen atoms in total. The highest BCUT2D eigenvalue weighted by molar-refractivity contribution is 5.78. The molecule has 1 saturated heterocycles. The van der Waals surface area contributed by atoms with Gasteiger partial charge in [-0.05, 0) is 18.6 Å². The van der Waals surface area contributed by atoms with Gasteiger partial charge in [-0.25, -0.2) is 0 Å². The highest BCUT2D eigenvalue weighted by Crippen LogP contribution is 2.31. The zero-order valence-electron chi connectivity index (χ0n) is 18.4. The number of ether oxygens (including phenoxy) is 1. The minimum absolute atomic E-state index is 0.0459. The van der Waals surface area contributed by atoms with E-state index in [-0.39, 0.29) is 29.1 Å². The Morgan fingerprint density at radius 2 is 1.97 bits per heavy atom. The Hall–Kier alpha value is -2.46. The standard InChI is InChI=1S/C22H29F3N4O3/c1-16(2)21(30)29(9-4-8-28-11-13-31-14-12-28)10-7-19-26-20(27-32-19)17-5-3-6-18(15-17)22(23,24)25/h3,5-6,15-16H,4,7-14H2,1-2H3. The summed E-state index contributed by atoms with van der Waals surface area (Å²) in [5, 5.41) is 3.82. The Labute approximate surface area is 185 Å². The molecule has 2 aromatic rings. The van der Waals surface area contributed by atoms with Crippen LogP contribution in [0.4, 0.5) is 13.2 Å². The molecular weight excluding hydrogens is 425 g/mol. The maximum Gasteiger partial charge on any atom is 0.416 e. The number of alkyl halides is 3. The van der Waals surface area contributed by atoms with E-state index in [9.17, 15) is 18.0 Å². The van der Waals surface area contributed by atoms with Crippen LogP contribution in [0.15, 0.2) is 28.8 Å². The van der Waals surface area contributed by atoms with E-state index >= 15 is 0 Å². The summed E-state index contributed by atoms with van der Waals surface area (Å²) in [5.74, 6) is 0.290. The van der Waals surface area contributed by atoms with Crippen molar-refractivity contribution < 1.29 is 27.2 Å². The topological polar surface area (TPSA) is 71.7 Å². The lowest BCUT2D eigenvalue weighted by molar-refractivity contribution is -0.137. The summed E-state index contributed by atoms with van der Waals surface area (Å²) in [6, 6.07) is 4.81. The quantitative estimate of drug-likeness (QED) is 0.578. The van der Waals surface area contributed by atoms with Crippen LogP contribution in [-0.4, -0.2) is 71.8 Å². The fourth-order valence-corrected chi connectivity index (χ4v) is 3.55. The van der Waals surface area contributed by atoms with Crippen molar-refractivity contribution in [3.8, 4) is 11.4 Å². The number of rotatable bonds is 9. The number of aromatic nitrogens is 2. The molecule has 32 heavy (non-hydrogen) atoms. The van der Waals surface area contributed by atoms with Gasteiger partial charge in [0.15, 0.2) is 0 Å². The van der Waals surface area contributed by atoms with Crippen LogP contribution in [-0.2, 0) is 22.1 Å². The summed E-state index contributed by atoms with van der Waals surface area (Å²) in [4.78, 5) is 21.0. The molecule has 1 amide bonds. The smallest absolute Gasteiger partial charge is 0.379 e. The molecule has 176 valence electrons. The first-order valence-corrected chi connectivity index (χ1v) is 10.8. The average molecular weight is 454 g/mol. The predicted molar refractivity (Wildman–Crippen MR) is 112 cm³/mol. The molecular formula is C22H29F3N4O3. The summed E-state index contributed by atoms with van der Waals surface area (Å²) >= 11 is 0. The summed E-state index contributed by atoms with van der Waals surface area (Å²) in [6.07, 6.45) is -3.26. The second-order valence-electron chi connectivity index (χ2n) is 8.13. The van der Waals surface area contributed by atoms with E-state index in [2.05, 4.69) is 15.0 Å². The molecule has 1 fully saturated rings. The van der Waals surface area contributed by atoms with Gasteiger partial charge in [-0.15, -0.1) is 0 Å². The Morgan fingerprint density at radius 1 is 1.22 bits per heavy atom. The molecule has 2 heterocycles. The van der Waals surface area contributed by atoms with Gasteiger partial charge in [0.1, 0.15) is 0 Å². The Kier molecular flexibility index (Phi) is 8.25.